The van der Waals surface area contributed by atoms with Crippen LogP contribution in [0.5, 0.6) is 0 Å². The fourth-order valence-corrected chi connectivity index (χ4v) is 2.22. The third-order valence-electron chi connectivity index (χ3n) is 3.57. The molecule has 2 rings (SSSR count). The summed E-state index contributed by atoms with van der Waals surface area (Å²) in [6, 6.07) is 10.8. The van der Waals surface area contributed by atoms with Crippen LogP contribution in [0.2, 0.25) is 0 Å². The first-order valence-corrected chi connectivity index (χ1v) is 7.37. The summed E-state index contributed by atoms with van der Waals surface area (Å²) in [7, 11) is 1.53. The van der Waals surface area contributed by atoms with E-state index >= 15 is 0 Å². The first-order valence-electron chi connectivity index (χ1n) is 7.37. The highest BCUT2D eigenvalue weighted by Gasteiger charge is 2.16. The summed E-state index contributed by atoms with van der Waals surface area (Å²) >= 11 is 0. The van der Waals surface area contributed by atoms with E-state index in [0.29, 0.717) is 16.7 Å². The van der Waals surface area contributed by atoms with Crippen LogP contribution in [0.1, 0.15) is 22.7 Å². The molecule has 0 spiro atoms. The van der Waals surface area contributed by atoms with Crippen molar-refractivity contribution in [2.45, 2.75) is 19.6 Å². The zero-order valence-corrected chi connectivity index (χ0v) is 13.5. The van der Waals surface area contributed by atoms with Crippen LogP contribution in [0.3, 0.4) is 0 Å². The lowest BCUT2D eigenvalue weighted by Gasteiger charge is -2.18. The van der Waals surface area contributed by atoms with E-state index in [1.807, 2.05) is 0 Å². The molecule has 7 heteroatoms. The summed E-state index contributed by atoms with van der Waals surface area (Å²) in [6.07, 6.45) is 0. The molecule has 0 bridgehead atoms. The van der Waals surface area contributed by atoms with Crippen LogP contribution in [0.15, 0.2) is 42.5 Å². The molecule has 0 fully saturated rings. The maximum Gasteiger partial charge on any atom is 0.274 e. The molecule has 0 amide bonds. The third kappa shape index (κ3) is 4.58. The summed E-state index contributed by atoms with van der Waals surface area (Å²) in [6.45, 7) is 1.95. The van der Waals surface area contributed by atoms with E-state index in [9.17, 15) is 14.5 Å². The third-order valence-corrected chi connectivity index (χ3v) is 3.57. The van der Waals surface area contributed by atoms with E-state index in [1.165, 1.54) is 19.2 Å². The maximum absolute atomic E-state index is 13.7. The molecule has 0 aliphatic carbocycles. The standard InChI is InChI=1S/C17H19FN2O4/c1-12-7-8-13(9-15(12)18)16(11-23-2)19-24-10-14-5-3-4-6-17(14)20(21)22/h3-9,16,19H,10-11H2,1-2H3/t16-/m0/s1. The van der Waals surface area contributed by atoms with Gasteiger partial charge in [-0.2, -0.15) is 5.48 Å². The minimum absolute atomic E-state index is 0.00567. The highest BCUT2D eigenvalue weighted by Crippen LogP contribution is 2.20. The van der Waals surface area contributed by atoms with E-state index in [4.69, 9.17) is 9.57 Å². The van der Waals surface area contributed by atoms with Crippen molar-refractivity contribution < 1.29 is 18.9 Å². The van der Waals surface area contributed by atoms with Crippen molar-refractivity contribution in [3.05, 3.63) is 75.1 Å². The number of ether oxygens (including phenoxy) is 1. The van der Waals surface area contributed by atoms with Gasteiger partial charge >= 0.3 is 0 Å². The maximum atomic E-state index is 13.7. The molecule has 0 unspecified atom stereocenters. The van der Waals surface area contributed by atoms with Crippen LogP contribution in [0.4, 0.5) is 10.1 Å². The van der Waals surface area contributed by atoms with Crippen molar-refractivity contribution in [1.82, 2.24) is 5.48 Å². The zero-order valence-electron chi connectivity index (χ0n) is 13.5. The second kappa shape index (κ2) is 8.49. The summed E-state index contributed by atoms with van der Waals surface area (Å²) < 4.78 is 18.8. The van der Waals surface area contributed by atoms with Gasteiger partial charge in [0.2, 0.25) is 0 Å². The number of nitrogens with one attached hydrogen (secondary N) is 1. The first kappa shape index (κ1) is 18.0. The summed E-state index contributed by atoms with van der Waals surface area (Å²) in [5.74, 6) is -0.311. The largest absolute Gasteiger partial charge is 0.383 e. The number of hydroxylamine groups is 1. The number of halogens is 1. The molecule has 0 radical (unpaired) electrons. The minimum atomic E-state index is -0.458. The number of nitro benzene ring substituents is 1. The topological polar surface area (TPSA) is 73.6 Å². The van der Waals surface area contributed by atoms with Gasteiger partial charge < -0.3 is 4.74 Å². The fourth-order valence-electron chi connectivity index (χ4n) is 2.22. The van der Waals surface area contributed by atoms with Crippen molar-refractivity contribution in [2.24, 2.45) is 0 Å². The van der Waals surface area contributed by atoms with Crippen molar-refractivity contribution >= 4 is 5.69 Å². The van der Waals surface area contributed by atoms with Crippen molar-refractivity contribution in [2.75, 3.05) is 13.7 Å². The Balaban J connectivity index is 2.04. The van der Waals surface area contributed by atoms with Crippen molar-refractivity contribution in [3.63, 3.8) is 0 Å². The second-order valence-electron chi connectivity index (χ2n) is 5.31. The van der Waals surface area contributed by atoms with Crippen molar-refractivity contribution in [3.8, 4) is 0 Å². The molecule has 1 atom stereocenters. The average Bonchev–Trinajstić information content (AvgIpc) is 2.57. The smallest absolute Gasteiger partial charge is 0.274 e. The Bertz CT molecular complexity index is 709. The number of hydrogen-bond acceptors (Lipinski definition) is 5. The van der Waals surface area contributed by atoms with Crippen LogP contribution in [0.25, 0.3) is 0 Å². The predicted octanol–water partition coefficient (Wildman–Crippen LogP) is 3.45. The number of methoxy groups -OCH3 is 1. The van der Waals surface area contributed by atoms with Crippen LogP contribution in [-0.4, -0.2) is 18.6 Å². The zero-order chi connectivity index (χ0) is 17.5. The van der Waals surface area contributed by atoms with Gasteiger partial charge in [-0.25, -0.2) is 4.39 Å². The molecule has 0 saturated carbocycles. The van der Waals surface area contributed by atoms with E-state index < -0.39 is 11.0 Å². The van der Waals surface area contributed by atoms with Crippen LogP contribution < -0.4 is 5.48 Å². The molecule has 0 saturated heterocycles. The first-order chi connectivity index (χ1) is 11.5. The monoisotopic (exact) mass is 334 g/mol. The second-order valence-corrected chi connectivity index (χ2v) is 5.31. The van der Waals surface area contributed by atoms with Crippen LogP contribution in [0, 0.1) is 22.9 Å². The molecule has 128 valence electrons. The number of hydrogen-bond donors (Lipinski definition) is 1. The van der Waals surface area contributed by atoms with Gasteiger partial charge in [0.1, 0.15) is 5.82 Å². The number of nitrogens with zero attached hydrogens (tertiary/aromatic N) is 1. The Morgan fingerprint density at radius 2 is 2.04 bits per heavy atom. The Morgan fingerprint density at radius 3 is 2.71 bits per heavy atom. The number of rotatable bonds is 8. The Hall–Kier alpha value is -2.35. The van der Waals surface area contributed by atoms with E-state index in [2.05, 4.69) is 5.48 Å². The van der Waals surface area contributed by atoms with Gasteiger partial charge in [0.25, 0.3) is 5.69 Å². The summed E-state index contributed by atoms with van der Waals surface area (Å²) in [5, 5.41) is 11.0. The fraction of sp³-hybridized carbons (Fsp3) is 0.294. The number of nitro groups is 1. The van der Waals surface area contributed by atoms with E-state index in [0.717, 1.165) is 0 Å². The molecule has 1 N–H and O–H groups in total. The average molecular weight is 334 g/mol. The van der Waals surface area contributed by atoms with Crippen LogP contribution >= 0.6 is 0 Å². The summed E-state index contributed by atoms with van der Waals surface area (Å²) in [5.41, 5.74) is 4.44. The quantitative estimate of drug-likeness (QED) is 0.591. The highest BCUT2D eigenvalue weighted by atomic mass is 19.1. The Labute approximate surface area is 139 Å². The van der Waals surface area contributed by atoms with Gasteiger partial charge in [-0.15, -0.1) is 0 Å². The number of para-hydroxylation sites is 1. The molecule has 0 aliphatic rings. The number of benzene rings is 2. The summed E-state index contributed by atoms with van der Waals surface area (Å²) in [4.78, 5) is 15.9. The molecule has 0 aromatic heterocycles. The van der Waals surface area contributed by atoms with E-state index in [1.54, 1.807) is 37.3 Å². The van der Waals surface area contributed by atoms with E-state index in [-0.39, 0.29) is 24.7 Å². The van der Waals surface area contributed by atoms with Crippen molar-refractivity contribution in [1.29, 1.82) is 0 Å². The molecule has 2 aromatic rings. The van der Waals surface area contributed by atoms with Crippen LogP contribution in [-0.2, 0) is 16.2 Å². The SMILES string of the molecule is COC[C@H](NOCc1ccccc1[N+](=O)[O-])c1ccc(C)c(F)c1. The van der Waals surface area contributed by atoms with Gasteiger partial charge in [0.15, 0.2) is 0 Å². The predicted molar refractivity (Wildman–Crippen MR) is 86.8 cm³/mol. The normalized spacial score (nSPS) is 12.1. The Kier molecular flexibility index (Phi) is 6.36. The van der Waals surface area contributed by atoms with Gasteiger partial charge in [0, 0.05) is 13.2 Å². The van der Waals surface area contributed by atoms with Gasteiger partial charge in [-0.3, -0.25) is 15.0 Å². The highest BCUT2D eigenvalue weighted by molar-refractivity contribution is 5.39. The Morgan fingerprint density at radius 1 is 1.29 bits per heavy atom. The lowest BCUT2D eigenvalue weighted by Crippen LogP contribution is -2.25. The lowest BCUT2D eigenvalue weighted by atomic mass is 10.1. The number of aryl methyl sites for hydroxylation is 1. The molecule has 2 aromatic carbocycles. The van der Waals surface area contributed by atoms with Gasteiger partial charge in [-0.1, -0.05) is 24.3 Å². The molecule has 0 aliphatic heterocycles. The van der Waals surface area contributed by atoms with Gasteiger partial charge in [-0.05, 0) is 30.2 Å². The molecular weight excluding hydrogens is 315 g/mol. The molecule has 24 heavy (non-hydrogen) atoms. The van der Waals surface area contributed by atoms with Gasteiger partial charge in [0.05, 0.1) is 29.7 Å². The molecule has 6 nitrogen and oxygen atoms in total. The molecular formula is C17H19FN2O4. The minimum Gasteiger partial charge on any atom is -0.383 e. The lowest BCUT2D eigenvalue weighted by molar-refractivity contribution is -0.386. The molecule has 0 heterocycles.